The van der Waals surface area contributed by atoms with Crippen molar-refractivity contribution in [3.05, 3.63) is 71.8 Å². The van der Waals surface area contributed by atoms with Gasteiger partial charge in [0.1, 0.15) is 6.61 Å². The van der Waals surface area contributed by atoms with Gasteiger partial charge in [0.2, 0.25) is 5.91 Å². The van der Waals surface area contributed by atoms with Gasteiger partial charge in [-0.25, -0.2) is 0 Å². The van der Waals surface area contributed by atoms with E-state index in [1.807, 2.05) is 0 Å². The molecular formula is C26H36N2O3. The summed E-state index contributed by atoms with van der Waals surface area (Å²) >= 11 is 0. The Morgan fingerprint density at radius 2 is 1.39 bits per heavy atom. The summed E-state index contributed by atoms with van der Waals surface area (Å²) in [7, 11) is 3.47. The lowest BCUT2D eigenvalue weighted by Crippen LogP contribution is -2.39. The molecular weight excluding hydrogens is 388 g/mol. The van der Waals surface area contributed by atoms with E-state index in [2.05, 4.69) is 65.6 Å². The highest BCUT2D eigenvalue weighted by atomic mass is 16.5. The molecule has 168 valence electrons. The Morgan fingerprint density at radius 3 is 1.90 bits per heavy atom. The minimum Gasteiger partial charge on any atom is -0.376 e. The van der Waals surface area contributed by atoms with Gasteiger partial charge in [-0.1, -0.05) is 60.7 Å². The second kappa shape index (κ2) is 12.6. The number of rotatable bonds is 11. The Kier molecular flexibility index (Phi) is 9.53. The second-order valence-electron chi connectivity index (χ2n) is 8.52. The van der Waals surface area contributed by atoms with E-state index < -0.39 is 0 Å². The van der Waals surface area contributed by atoms with E-state index in [4.69, 9.17) is 9.47 Å². The summed E-state index contributed by atoms with van der Waals surface area (Å²) in [6.07, 6.45) is 4.72. The minimum atomic E-state index is -0.0163. The molecule has 0 aliphatic heterocycles. The SMILES string of the molecule is CN(C)C(=O)COCCOC1CCC(N(Cc2ccccc2)Cc2ccccc2)CC1. The van der Waals surface area contributed by atoms with Gasteiger partial charge in [0.05, 0.1) is 19.3 Å². The van der Waals surface area contributed by atoms with Crippen LogP contribution in [0.5, 0.6) is 0 Å². The van der Waals surface area contributed by atoms with Crippen molar-refractivity contribution >= 4 is 5.91 Å². The predicted molar refractivity (Wildman–Crippen MR) is 124 cm³/mol. The molecule has 0 aromatic heterocycles. The molecule has 0 unspecified atom stereocenters. The highest BCUT2D eigenvalue weighted by Crippen LogP contribution is 2.27. The Hall–Kier alpha value is -2.21. The normalized spacial score (nSPS) is 18.8. The molecule has 0 spiro atoms. The number of ether oxygens (including phenoxy) is 2. The third kappa shape index (κ3) is 8.09. The van der Waals surface area contributed by atoms with Crippen LogP contribution in [0, 0.1) is 0 Å². The third-order valence-corrected chi connectivity index (χ3v) is 5.92. The maximum absolute atomic E-state index is 11.5. The highest BCUT2D eigenvalue weighted by molar-refractivity contribution is 5.76. The van der Waals surface area contributed by atoms with Gasteiger partial charge in [0.25, 0.3) is 0 Å². The zero-order chi connectivity index (χ0) is 21.9. The number of nitrogens with zero attached hydrogens (tertiary/aromatic N) is 2. The van der Waals surface area contributed by atoms with Crippen LogP contribution in [-0.2, 0) is 27.4 Å². The van der Waals surface area contributed by atoms with E-state index in [0.717, 1.165) is 38.8 Å². The summed E-state index contributed by atoms with van der Waals surface area (Å²) in [6, 6.07) is 22.1. The number of hydrogen-bond donors (Lipinski definition) is 0. The Bertz CT molecular complexity index is 717. The summed E-state index contributed by atoms with van der Waals surface area (Å²) in [5.74, 6) is -0.0163. The predicted octanol–water partition coefficient (Wildman–Crippen LogP) is 4.12. The fraction of sp³-hybridized carbons (Fsp3) is 0.500. The summed E-state index contributed by atoms with van der Waals surface area (Å²) in [5, 5.41) is 0. The van der Waals surface area contributed by atoms with Gasteiger partial charge in [-0.15, -0.1) is 0 Å². The number of benzene rings is 2. The van der Waals surface area contributed by atoms with Crippen LogP contribution in [0.25, 0.3) is 0 Å². The number of carbonyl (C=O) groups is 1. The minimum absolute atomic E-state index is 0.0163. The van der Waals surface area contributed by atoms with E-state index in [1.54, 1.807) is 19.0 Å². The largest absolute Gasteiger partial charge is 0.376 e. The van der Waals surface area contributed by atoms with Crippen molar-refractivity contribution in [2.45, 2.75) is 50.9 Å². The van der Waals surface area contributed by atoms with Crippen molar-refractivity contribution in [2.75, 3.05) is 33.9 Å². The first-order valence-corrected chi connectivity index (χ1v) is 11.3. The number of carbonyl (C=O) groups excluding carboxylic acids is 1. The fourth-order valence-corrected chi connectivity index (χ4v) is 4.09. The standard InChI is InChI=1S/C26H36N2O3/c1-27(2)26(29)21-30-17-18-31-25-15-13-24(14-16-25)28(19-22-9-5-3-6-10-22)20-23-11-7-4-8-12-23/h3-12,24-25H,13-21H2,1-2H3. The van der Waals surface area contributed by atoms with Gasteiger partial charge < -0.3 is 14.4 Å². The molecule has 5 heteroatoms. The number of amides is 1. The topological polar surface area (TPSA) is 42.0 Å². The molecule has 5 nitrogen and oxygen atoms in total. The lowest BCUT2D eigenvalue weighted by Gasteiger charge is -2.37. The van der Waals surface area contributed by atoms with Crippen molar-refractivity contribution < 1.29 is 14.3 Å². The van der Waals surface area contributed by atoms with Crippen LogP contribution in [0.15, 0.2) is 60.7 Å². The summed E-state index contributed by atoms with van der Waals surface area (Å²) < 4.78 is 11.4. The third-order valence-electron chi connectivity index (χ3n) is 5.92. The van der Waals surface area contributed by atoms with Crippen molar-refractivity contribution in [1.82, 2.24) is 9.80 Å². The summed E-state index contributed by atoms with van der Waals surface area (Å²) in [6.45, 7) is 3.08. The first-order valence-electron chi connectivity index (χ1n) is 11.3. The first-order chi connectivity index (χ1) is 15.1. The molecule has 1 aliphatic rings. The molecule has 0 radical (unpaired) electrons. The lowest BCUT2D eigenvalue weighted by molar-refractivity contribution is -0.134. The van der Waals surface area contributed by atoms with Crippen LogP contribution in [0.3, 0.4) is 0 Å². The van der Waals surface area contributed by atoms with Gasteiger partial charge in [-0.2, -0.15) is 0 Å². The Morgan fingerprint density at radius 1 is 0.839 bits per heavy atom. The van der Waals surface area contributed by atoms with E-state index >= 15 is 0 Å². The van der Waals surface area contributed by atoms with Crippen LogP contribution in [0.1, 0.15) is 36.8 Å². The monoisotopic (exact) mass is 424 g/mol. The van der Waals surface area contributed by atoms with Crippen molar-refractivity contribution in [3.63, 3.8) is 0 Å². The summed E-state index contributed by atoms with van der Waals surface area (Å²) in [5.41, 5.74) is 2.72. The van der Waals surface area contributed by atoms with Crippen molar-refractivity contribution in [2.24, 2.45) is 0 Å². The van der Waals surface area contributed by atoms with E-state index in [9.17, 15) is 4.79 Å². The van der Waals surface area contributed by atoms with Gasteiger partial charge in [-0.3, -0.25) is 9.69 Å². The van der Waals surface area contributed by atoms with Crippen molar-refractivity contribution in [1.29, 1.82) is 0 Å². The van der Waals surface area contributed by atoms with Gasteiger partial charge in [-0.05, 0) is 36.8 Å². The van der Waals surface area contributed by atoms with E-state index in [-0.39, 0.29) is 12.5 Å². The molecule has 1 amide bonds. The number of hydrogen-bond acceptors (Lipinski definition) is 4. The lowest BCUT2D eigenvalue weighted by atomic mass is 9.91. The van der Waals surface area contributed by atoms with Crippen LogP contribution in [-0.4, -0.2) is 61.8 Å². The quantitative estimate of drug-likeness (QED) is 0.509. The second-order valence-corrected chi connectivity index (χ2v) is 8.52. The van der Waals surface area contributed by atoms with Gasteiger partial charge in [0, 0.05) is 33.2 Å². The molecule has 2 aromatic rings. The summed E-state index contributed by atoms with van der Waals surface area (Å²) in [4.78, 5) is 15.7. The highest BCUT2D eigenvalue weighted by Gasteiger charge is 2.26. The van der Waals surface area contributed by atoms with Crippen LogP contribution < -0.4 is 0 Å². The molecule has 31 heavy (non-hydrogen) atoms. The zero-order valence-corrected chi connectivity index (χ0v) is 18.9. The zero-order valence-electron chi connectivity index (χ0n) is 18.9. The molecule has 3 rings (SSSR count). The maximum Gasteiger partial charge on any atom is 0.248 e. The van der Waals surface area contributed by atoms with Gasteiger partial charge in [0.15, 0.2) is 0 Å². The van der Waals surface area contributed by atoms with Crippen molar-refractivity contribution in [3.8, 4) is 0 Å². The first kappa shape index (κ1) is 23.5. The smallest absolute Gasteiger partial charge is 0.248 e. The Labute approximate surface area is 187 Å². The van der Waals surface area contributed by atoms with Crippen LogP contribution in [0.4, 0.5) is 0 Å². The number of likely N-dealkylation sites (N-methyl/N-ethyl adjacent to an activating group) is 1. The van der Waals surface area contributed by atoms with Crippen LogP contribution in [0.2, 0.25) is 0 Å². The molecule has 0 atom stereocenters. The van der Waals surface area contributed by atoms with E-state index in [0.29, 0.717) is 25.4 Å². The molecule has 1 saturated carbocycles. The average Bonchev–Trinajstić information content (AvgIpc) is 2.80. The van der Waals surface area contributed by atoms with Gasteiger partial charge >= 0.3 is 0 Å². The molecule has 0 saturated heterocycles. The molecule has 0 bridgehead atoms. The average molecular weight is 425 g/mol. The van der Waals surface area contributed by atoms with E-state index in [1.165, 1.54) is 11.1 Å². The Balaban J connectivity index is 1.45. The fourth-order valence-electron chi connectivity index (χ4n) is 4.09. The molecule has 1 aliphatic carbocycles. The molecule has 1 fully saturated rings. The molecule has 2 aromatic carbocycles. The van der Waals surface area contributed by atoms with Crippen LogP contribution >= 0.6 is 0 Å². The maximum atomic E-state index is 11.5. The molecule has 0 heterocycles. The molecule has 0 N–H and O–H groups in total.